The minimum atomic E-state index is -4.93. The molecular formula is C11H11ClF3NO4. The van der Waals surface area contributed by atoms with Crippen LogP contribution in [-0.4, -0.2) is 31.0 Å². The molecule has 0 radical (unpaired) electrons. The highest BCUT2D eigenvalue weighted by atomic mass is 35.5. The van der Waals surface area contributed by atoms with Crippen molar-refractivity contribution in [2.45, 2.75) is 19.2 Å². The van der Waals surface area contributed by atoms with E-state index in [0.717, 1.165) is 6.07 Å². The molecule has 0 aliphatic heterocycles. The van der Waals surface area contributed by atoms with Crippen molar-refractivity contribution in [2.24, 2.45) is 0 Å². The van der Waals surface area contributed by atoms with E-state index in [1.54, 1.807) is 6.92 Å². The largest absolute Gasteiger partial charge is 0.573 e. The van der Waals surface area contributed by atoms with E-state index in [1.807, 2.05) is 0 Å². The van der Waals surface area contributed by atoms with Gasteiger partial charge in [0.05, 0.1) is 25.2 Å². The number of hydrogen-bond acceptors (Lipinski definition) is 5. The number of rotatable bonds is 5. The van der Waals surface area contributed by atoms with Crippen LogP contribution >= 0.6 is 11.6 Å². The average molecular weight is 314 g/mol. The molecule has 0 fully saturated rings. The molecule has 0 N–H and O–H groups in total. The first-order valence-electron chi connectivity index (χ1n) is 5.39. The van der Waals surface area contributed by atoms with Crippen LogP contribution in [0.25, 0.3) is 0 Å². The van der Waals surface area contributed by atoms with Gasteiger partial charge in [-0.2, -0.15) is 0 Å². The Balaban J connectivity index is 3.30. The topological polar surface area (TPSA) is 57.7 Å². The fraction of sp³-hybridized carbons (Fsp3) is 0.455. The van der Waals surface area contributed by atoms with Gasteiger partial charge in [0.15, 0.2) is 5.69 Å². The monoisotopic (exact) mass is 313 g/mol. The lowest BCUT2D eigenvalue weighted by atomic mass is 10.2. The van der Waals surface area contributed by atoms with E-state index in [9.17, 15) is 18.0 Å². The van der Waals surface area contributed by atoms with Crippen LogP contribution in [0.15, 0.2) is 6.07 Å². The van der Waals surface area contributed by atoms with E-state index in [0.29, 0.717) is 0 Å². The number of esters is 1. The van der Waals surface area contributed by atoms with Gasteiger partial charge in [0.1, 0.15) is 5.75 Å². The van der Waals surface area contributed by atoms with Gasteiger partial charge < -0.3 is 14.2 Å². The van der Waals surface area contributed by atoms with Gasteiger partial charge in [0.25, 0.3) is 0 Å². The highest BCUT2D eigenvalue weighted by molar-refractivity contribution is 6.17. The average Bonchev–Trinajstić information content (AvgIpc) is 2.36. The van der Waals surface area contributed by atoms with Crippen LogP contribution in [-0.2, 0) is 10.6 Å². The number of carbonyl (C=O) groups is 1. The summed E-state index contributed by atoms with van der Waals surface area (Å²) < 4.78 is 50.3. The molecule has 0 bridgehead atoms. The van der Waals surface area contributed by atoms with E-state index in [1.165, 1.54) is 7.11 Å². The SMILES string of the molecule is CCOC(=O)c1cc(OC(F)(F)F)c(CCl)c(OC)n1. The Morgan fingerprint density at radius 3 is 2.55 bits per heavy atom. The van der Waals surface area contributed by atoms with Crippen molar-refractivity contribution >= 4 is 17.6 Å². The van der Waals surface area contributed by atoms with Crippen LogP contribution in [0.5, 0.6) is 11.6 Å². The van der Waals surface area contributed by atoms with Crippen molar-refractivity contribution in [3.63, 3.8) is 0 Å². The molecule has 1 rings (SSSR count). The molecule has 20 heavy (non-hydrogen) atoms. The molecule has 0 aromatic carbocycles. The number of pyridine rings is 1. The van der Waals surface area contributed by atoms with Crippen molar-refractivity contribution < 1.29 is 32.2 Å². The van der Waals surface area contributed by atoms with Gasteiger partial charge >= 0.3 is 12.3 Å². The van der Waals surface area contributed by atoms with Crippen molar-refractivity contribution in [2.75, 3.05) is 13.7 Å². The lowest BCUT2D eigenvalue weighted by Gasteiger charge is -2.15. The molecule has 0 amide bonds. The minimum absolute atomic E-state index is 0.0511. The smallest absolute Gasteiger partial charge is 0.481 e. The molecule has 0 saturated heterocycles. The predicted octanol–water partition coefficient (Wildman–Crippen LogP) is 2.90. The fourth-order valence-corrected chi connectivity index (χ4v) is 1.59. The Hall–Kier alpha value is -1.70. The number of halogens is 4. The van der Waals surface area contributed by atoms with E-state index in [-0.39, 0.29) is 29.6 Å². The normalized spacial score (nSPS) is 11.1. The summed E-state index contributed by atoms with van der Waals surface area (Å²) >= 11 is 5.55. The highest BCUT2D eigenvalue weighted by Gasteiger charge is 2.33. The highest BCUT2D eigenvalue weighted by Crippen LogP contribution is 2.33. The first-order chi connectivity index (χ1) is 9.32. The maximum Gasteiger partial charge on any atom is 0.573 e. The number of aromatic nitrogens is 1. The molecular weight excluding hydrogens is 303 g/mol. The number of hydrogen-bond donors (Lipinski definition) is 0. The number of nitrogens with zero attached hydrogens (tertiary/aromatic N) is 1. The number of ether oxygens (including phenoxy) is 3. The molecule has 5 nitrogen and oxygen atoms in total. The maximum atomic E-state index is 12.3. The molecule has 0 spiro atoms. The van der Waals surface area contributed by atoms with Gasteiger partial charge in [-0.25, -0.2) is 9.78 Å². The van der Waals surface area contributed by atoms with Crippen LogP contribution in [0.4, 0.5) is 13.2 Å². The van der Waals surface area contributed by atoms with Gasteiger partial charge in [-0.1, -0.05) is 0 Å². The number of carbonyl (C=O) groups excluding carboxylic acids is 1. The molecule has 0 aliphatic carbocycles. The minimum Gasteiger partial charge on any atom is -0.481 e. The second-order valence-corrected chi connectivity index (χ2v) is 3.66. The summed E-state index contributed by atoms with van der Waals surface area (Å²) in [5.41, 5.74) is -0.476. The summed E-state index contributed by atoms with van der Waals surface area (Å²) in [5, 5.41) is 0. The molecule has 0 atom stereocenters. The Kier molecular flexibility index (Phi) is 5.43. The third-order valence-corrected chi connectivity index (χ3v) is 2.35. The molecule has 0 saturated carbocycles. The maximum absolute atomic E-state index is 12.3. The molecule has 1 heterocycles. The van der Waals surface area contributed by atoms with Crippen LogP contribution < -0.4 is 9.47 Å². The first kappa shape index (κ1) is 16.4. The summed E-state index contributed by atoms with van der Waals surface area (Å²) in [4.78, 5) is 15.3. The summed E-state index contributed by atoms with van der Waals surface area (Å²) in [6, 6.07) is 0.811. The molecule has 1 aromatic heterocycles. The summed E-state index contributed by atoms with van der Waals surface area (Å²) in [7, 11) is 1.19. The lowest BCUT2D eigenvalue weighted by molar-refractivity contribution is -0.274. The first-order valence-corrected chi connectivity index (χ1v) is 5.92. The standard InChI is InChI=1S/C11H11ClF3NO4/c1-3-19-10(17)7-4-8(20-11(13,14)15)6(5-12)9(16-7)18-2/h4H,3,5H2,1-2H3. The Morgan fingerprint density at radius 1 is 1.45 bits per heavy atom. The fourth-order valence-electron chi connectivity index (χ4n) is 1.34. The van der Waals surface area contributed by atoms with Crippen LogP contribution in [0.3, 0.4) is 0 Å². The second-order valence-electron chi connectivity index (χ2n) is 3.40. The molecule has 1 aromatic rings. The predicted molar refractivity (Wildman–Crippen MR) is 63.0 cm³/mol. The van der Waals surface area contributed by atoms with Crippen LogP contribution in [0.1, 0.15) is 23.0 Å². The van der Waals surface area contributed by atoms with Crippen LogP contribution in [0.2, 0.25) is 0 Å². The van der Waals surface area contributed by atoms with Gasteiger partial charge in [0.2, 0.25) is 5.88 Å². The van der Waals surface area contributed by atoms with Gasteiger partial charge in [-0.15, -0.1) is 24.8 Å². The van der Waals surface area contributed by atoms with E-state index in [2.05, 4.69) is 14.5 Å². The molecule has 112 valence electrons. The Labute approximate surface area is 117 Å². The lowest BCUT2D eigenvalue weighted by Crippen LogP contribution is -2.19. The van der Waals surface area contributed by atoms with E-state index < -0.39 is 18.1 Å². The Morgan fingerprint density at radius 2 is 2.10 bits per heavy atom. The van der Waals surface area contributed by atoms with Crippen molar-refractivity contribution in [3.05, 3.63) is 17.3 Å². The zero-order valence-corrected chi connectivity index (χ0v) is 11.3. The zero-order valence-electron chi connectivity index (χ0n) is 10.6. The van der Waals surface area contributed by atoms with E-state index >= 15 is 0 Å². The zero-order chi connectivity index (χ0) is 15.3. The molecule has 9 heteroatoms. The number of alkyl halides is 4. The number of methoxy groups -OCH3 is 1. The van der Waals surface area contributed by atoms with E-state index in [4.69, 9.17) is 16.3 Å². The van der Waals surface area contributed by atoms with Crippen molar-refractivity contribution in [1.29, 1.82) is 0 Å². The quantitative estimate of drug-likeness (QED) is 0.618. The molecule has 0 unspecified atom stereocenters. The Bertz CT molecular complexity index is 493. The third kappa shape index (κ3) is 4.16. The summed E-state index contributed by atoms with van der Waals surface area (Å²) in [6.07, 6.45) is -4.93. The van der Waals surface area contributed by atoms with Gasteiger partial charge in [-0.3, -0.25) is 0 Å². The summed E-state index contributed by atoms with van der Waals surface area (Å²) in [5.74, 6) is -2.10. The second kappa shape index (κ2) is 6.65. The summed E-state index contributed by atoms with van der Waals surface area (Å²) in [6.45, 7) is 1.60. The van der Waals surface area contributed by atoms with Crippen LogP contribution in [0, 0.1) is 0 Å². The van der Waals surface area contributed by atoms with Gasteiger partial charge in [0, 0.05) is 6.07 Å². The molecule has 0 aliphatic rings. The third-order valence-electron chi connectivity index (χ3n) is 2.08. The van der Waals surface area contributed by atoms with Crippen molar-refractivity contribution in [3.8, 4) is 11.6 Å². The van der Waals surface area contributed by atoms with Gasteiger partial charge in [-0.05, 0) is 6.92 Å². The van der Waals surface area contributed by atoms with Crippen molar-refractivity contribution in [1.82, 2.24) is 4.98 Å².